The van der Waals surface area contributed by atoms with E-state index in [1.165, 1.54) is 49.0 Å². The van der Waals surface area contributed by atoms with Crippen LogP contribution < -0.4 is 32.3 Å². The SMILES string of the molecule is CC(C)N(C[C@H]1O[C@@H](N2CNC3C(N)NCNC32)[C@H](O)[C@@H]1O)[C@H]1C[C@H](CCC2Nc3ccc(C4CC4)cc3N2)C1. The zero-order valence-electron chi connectivity index (χ0n) is 23.8. The number of hydrogen-bond donors (Lipinski definition) is 8. The normalized spacial score (nSPS) is 41.1. The third-order valence-electron chi connectivity index (χ3n) is 10.3. The van der Waals surface area contributed by atoms with E-state index in [0.29, 0.717) is 38.1 Å². The molecule has 0 radical (unpaired) electrons. The second kappa shape index (κ2) is 10.9. The fourth-order valence-electron chi connectivity index (χ4n) is 7.64. The van der Waals surface area contributed by atoms with Crippen LogP contribution in [0.3, 0.4) is 0 Å². The number of nitrogens with two attached hydrogens (primary N) is 1. The molecule has 4 heterocycles. The third kappa shape index (κ3) is 5.14. The first-order chi connectivity index (χ1) is 19.4. The van der Waals surface area contributed by atoms with Gasteiger partial charge >= 0.3 is 0 Å². The minimum Gasteiger partial charge on any atom is -0.387 e. The van der Waals surface area contributed by atoms with Crippen LogP contribution in [0, 0.1) is 5.92 Å². The fourth-order valence-corrected chi connectivity index (χ4v) is 7.64. The standard InChI is InChI=1S/C29H48N8O3/c1-15(2)36(12-22-25(38)26(39)29(40-22)37-14-33-24-27(30)31-13-32-28(24)37)19-9-16(10-19)3-8-23-34-20-7-6-18(17-4-5-17)11-21(20)35-23/h6-7,11,15-17,19,22-29,31-35,38-39H,3-5,8-10,12-14,30H2,1-2H3/t16-,19-,22-,23?,24?,25-,26-,27?,28?,29-/m1/s1. The van der Waals surface area contributed by atoms with Gasteiger partial charge in [0.2, 0.25) is 0 Å². The molecule has 5 fully saturated rings. The van der Waals surface area contributed by atoms with E-state index >= 15 is 0 Å². The number of nitrogens with one attached hydrogen (secondary N) is 5. The molecule has 222 valence electrons. The molecule has 0 aromatic heterocycles. The van der Waals surface area contributed by atoms with Gasteiger partial charge in [-0.2, -0.15) is 0 Å². The number of benzene rings is 1. The molecule has 0 spiro atoms. The van der Waals surface area contributed by atoms with Crippen LogP contribution in [-0.4, -0.2) is 101 Å². The predicted molar refractivity (Wildman–Crippen MR) is 154 cm³/mol. The van der Waals surface area contributed by atoms with Gasteiger partial charge in [-0.3, -0.25) is 20.9 Å². The Labute approximate surface area is 237 Å². The molecule has 7 rings (SSSR count). The van der Waals surface area contributed by atoms with Gasteiger partial charge in [0.1, 0.15) is 24.5 Å². The number of ether oxygens (including phenoxy) is 1. The minimum atomic E-state index is -0.961. The van der Waals surface area contributed by atoms with Crippen LogP contribution in [0.25, 0.3) is 0 Å². The van der Waals surface area contributed by atoms with Crippen molar-refractivity contribution in [3.05, 3.63) is 23.8 Å². The summed E-state index contributed by atoms with van der Waals surface area (Å²) in [6.07, 6.45) is 4.55. The molecule has 11 heteroatoms. The summed E-state index contributed by atoms with van der Waals surface area (Å²) in [4.78, 5) is 4.54. The zero-order valence-corrected chi connectivity index (χ0v) is 23.8. The van der Waals surface area contributed by atoms with Crippen molar-refractivity contribution in [1.29, 1.82) is 0 Å². The van der Waals surface area contributed by atoms with Gasteiger partial charge in [-0.05, 0) is 81.9 Å². The highest BCUT2D eigenvalue weighted by Gasteiger charge is 2.52. The smallest absolute Gasteiger partial charge is 0.142 e. The molecule has 0 bridgehead atoms. The summed E-state index contributed by atoms with van der Waals surface area (Å²) in [7, 11) is 0. The van der Waals surface area contributed by atoms with Gasteiger partial charge < -0.3 is 31.3 Å². The van der Waals surface area contributed by atoms with Crippen molar-refractivity contribution in [2.45, 2.75) is 119 Å². The number of fused-ring (bicyclic) bond motifs is 2. The Morgan fingerprint density at radius 3 is 2.62 bits per heavy atom. The molecule has 2 aliphatic carbocycles. The van der Waals surface area contributed by atoms with Crippen molar-refractivity contribution in [1.82, 2.24) is 25.8 Å². The maximum Gasteiger partial charge on any atom is 0.142 e. The van der Waals surface area contributed by atoms with Gasteiger partial charge in [-0.1, -0.05) is 6.07 Å². The number of rotatable bonds is 9. The average Bonchev–Trinajstić information content (AvgIpc) is 3.45. The fraction of sp³-hybridized carbons (Fsp3) is 0.793. The Morgan fingerprint density at radius 1 is 1.05 bits per heavy atom. The molecule has 11 nitrogen and oxygen atoms in total. The minimum absolute atomic E-state index is 0.0174. The Balaban J connectivity index is 0.894. The van der Waals surface area contributed by atoms with E-state index in [4.69, 9.17) is 10.5 Å². The summed E-state index contributed by atoms with van der Waals surface area (Å²) >= 11 is 0. The van der Waals surface area contributed by atoms with Crippen molar-refractivity contribution in [2.24, 2.45) is 11.7 Å². The summed E-state index contributed by atoms with van der Waals surface area (Å²) < 4.78 is 6.38. The highest BCUT2D eigenvalue weighted by Crippen LogP contribution is 2.44. The van der Waals surface area contributed by atoms with Gasteiger partial charge in [0, 0.05) is 25.3 Å². The molecule has 0 amide bonds. The average molecular weight is 557 g/mol. The molecule has 9 N–H and O–H groups in total. The van der Waals surface area contributed by atoms with E-state index < -0.39 is 24.5 Å². The van der Waals surface area contributed by atoms with Crippen molar-refractivity contribution >= 4 is 11.4 Å². The molecule has 8 atom stereocenters. The monoisotopic (exact) mass is 556 g/mol. The number of aliphatic hydroxyl groups excluding tert-OH is 2. The highest BCUT2D eigenvalue weighted by molar-refractivity contribution is 5.75. The maximum atomic E-state index is 11.0. The van der Waals surface area contributed by atoms with E-state index in [2.05, 4.69) is 68.4 Å². The van der Waals surface area contributed by atoms with E-state index in [-0.39, 0.29) is 18.4 Å². The lowest BCUT2D eigenvalue weighted by molar-refractivity contribution is -0.112. The molecule has 6 aliphatic rings. The molecule has 4 unspecified atom stereocenters. The van der Waals surface area contributed by atoms with Crippen molar-refractivity contribution in [3.63, 3.8) is 0 Å². The first-order valence-electron chi connectivity index (χ1n) is 15.5. The lowest BCUT2D eigenvalue weighted by Gasteiger charge is -2.46. The largest absolute Gasteiger partial charge is 0.387 e. The zero-order chi connectivity index (χ0) is 27.5. The Kier molecular flexibility index (Phi) is 7.47. The van der Waals surface area contributed by atoms with Crippen LogP contribution in [-0.2, 0) is 4.74 Å². The van der Waals surface area contributed by atoms with Crippen LogP contribution in [0.1, 0.15) is 63.9 Å². The molecular weight excluding hydrogens is 508 g/mol. The Morgan fingerprint density at radius 2 is 1.85 bits per heavy atom. The second-order valence-corrected chi connectivity index (χ2v) is 13.3. The van der Waals surface area contributed by atoms with Crippen molar-refractivity contribution < 1.29 is 14.9 Å². The first-order valence-corrected chi connectivity index (χ1v) is 15.5. The van der Waals surface area contributed by atoms with Gasteiger partial charge in [0.05, 0.1) is 42.6 Å². The predicted octanol–water partition coefficient (Wildman–Crippen LogP) is 0.436. The van der Waals surface area contributed by atoms with E-state index in [1.807, 2.05) is 0 Å². The number of anilines is 2. The van der Waals surface area contributed by atoms with Gasteiger partial charge in [0.25, 0.3) is 0 Å². The first kappa shape index (κ1) is 27.3. The molecular formula is C29H48N8O3. The maximum absolute atomic E-state index is 11.0. The van der Waals surface area contributed by atoms with Gasteiger partial charge in [0.15, 0.2) is 0 Å². The number of nitrogens with zero attached hydrogens (tertiary/aromatic N) is 2. The highest BCUT2D eigenvalue weighted by atomic mass is 16.6. The lowest BCUT2D eigenvalue weighted by atomic mass is 9.76. The van der Waals surface area contributed by atoms with Crippen molar-refractivity contribution in [2.75, 3.05) is 30.5 Å². The van der Waals surface area contributed by atoms with E-state index in [9.17, 15) is 10.2 Å². The van der Waals surface area contributed by atoms with E-state index in [1.54, 1.807) is 0 Å². The summed E-state index contributed by atoms with van der Waals surface area (Å²) in [6, 6.07) is 7.72. The summed E-state index contributed by atoms with van der Waals surface area (Å²) in [5.74, 6) is 1.50. The summed E-state index contributed by atoms with van der Waals surface area (Å²) in [6.45, 7) is 6.21. The molecule has 2 saturated carbocycles. The quantitative estimate of drug-likeness (QED) is 0.215. The summed E-state index contributed by atoms with van der Waals surface area (Å²) in [5.41, 5.74) is 10.2. The van der Waals surface area contributed by atoms with Crippen LogP contribution in [0.2, 0.25) is 0 Å². The molecule has 4 aliphatic heterocycles. The molecule has 1 aromatic rings. The van der Waals surface area contributed by atoms with Crippen molar-refractivity contribution in [3.8, 4) is 0 Å². The second-order valence-electron chi connectivity index (χ2n) is 13.3. The van der Waals surface area contributed by atoms with Crippen LogP contribution in [0.5, 0.6) is 0 Å². The van der Waals surface area contributed by atoms with Gasteiger partial charge in [-0.15, -0.1) is 0 Å². The Bertz CT molecular complexity index is 1050. The van der Waals surface area contributed by atoms with Crippen LogP contribution in [0.15, 0.2) is 18.2 Å². The summed E-state index contributed by atoms with van der Waals surface area (Å²) in [5, 5.41) is 39.4. The topological polar surface area (TPSA) is 142 Å². The van der Waals surface area contributed by atoms with Crippen LogP contribution in [0.4, 0.5) is 11.4 Å². The number of hydrogen-bond acceptors (Lipinski definition) is 11. The third-order valence-corrected chi connectivity index (χ3v) is 10.3. The Hall–Kier alpha value is -1.54. The molecule has 40 heavy (non-hydrogen) atoms. The molecule has 1 aromatic carbocycles. The lowest BCUT2D eigenvalue weighted by Crippen LogP contribution is -2.68. The molecule has 3 saturated heterocycles. The van der Waals surface area contributed by atoms with Crippen LogP contribution >= 0.6 is 0 Å². The number of aliphatic hydroxyl groups is 2. The van der Waals surface area contributed by atoms with Gasteiger partial charge in [-0.25, -0.2) is 4.90 Å². The van der Waals surface area contributed by atoms with E-state index in [0.717, 1.165) is 18.3 Å².